The van der Waals surface area contributed by atoms with Crippen molar-refractivity contribution in [3.63, 3.8) is 0 Å². The fraction of sp³-hybridized carbons (Fsp3) is 0.133. The Kier molecular flexibility index (Phi) is 5.01. The van der Waals surface area contributed by atoms with Crippen molar-refractivity contribution in [1.29, 1.82) is 0 Å². The highest BCUT2D eigenvalue weighted by molar-refractivity contribution is 9.10. The minimum absolute atomic E-state index is 0.141. The second kappa shape index (κ2) is 6.96. The molecule has 0 saturated heterocycles. The van der Waals surface area contributed by atoms with E-state index < -0.39 is 5.97 Å². The summed E-state index contributed by atoms with van der Waals surface area (Å²) in [5.74, 6) is 0.122. The van der Waals surface area contributed by atoms with E-state index in [0.29, 0.717) is 11.4 Å². The summed E-state index contributed by atoms with van der Waals surface area (Å²) in [7, 11) is 0. The summed E-state index contributed by atoms with van der Waals surface area (Å²) in [5, 5.41) is 0. The number of halogens is 1. The molecule has 0 amide bonds. The highest BCUT2D eigenvalue weighted by Crippen LogP contribution is 2.15. The third-order valence-corrected chi connectivity index (χ3v) is 3.00. The lowest BCUT2D eigenvalue weighted by molar-refractivity contribution is -0.147. The van der Waals surface area contributed by atoms with Gasteiger partial charge in [-0.15, -0.1) is 0 Å². The zero-order valence-electron chi connectivity index (χ0n) is 10.7. The van der Waals surface area contributed by atoms with E-state index >= 15 is 0 Å². The summed E-state index contributed by atoms with van der Waals surface area (Å²) in [4.78, 5) is 11.6. The number of nitrogens with two attached hydrogens (primary N) is 1. The monoisotopic (exact) mass is 335 g/mol. The van der Waals surface area contributed by atoms with Crippen molar-refractivity contribution in [2.45, 2.75) is 6.61 Å². The van der Waals surface area contributed by atoms with Gasteiger partial charge in [0.1, 0.15) is 12.4 Å². The second-order valence-electron chi connectivity index (χ2n) is 4.15. The molecule has 0 aromatic heterocycles. The van der Waals surface area contributed by atoms with Gasteiger partial charge in [-0.25, -0.2) is 4.79 Å². The standard InChI is InChI=1S/C15H14BrNO3/c16-12-4-1-3-11(7-12)9-20-15(18)10-19-14-6-2-5-13(17)8-14/h1-8H,9-10,17H2. The topological polar surface area (TPSA) is 61.5 Å². The maximum atomic E-state index is 11.6. The normalized spacial score (nSPS) is 10.1. The Labute approximate surface area is 125 Å². The Morgan fingerprint density at radius 1 is 1.15 bits per heavy atom. The molecule has 0 atom stereocenters. The van der Waals surface area contributed by atoms with Crippen molar-refractivity contribution in [2.24, 2.45) is 0 Å². The Morgan fingerprint density at radius 3 is 2.70 bits per heavy atom. The van der Waals surface area contributed by atoms with Crippen LogP contribution in [0.1, 0.15) is 5.56 Å². The van der Waals surface area contributed by atoms with Gasteiger partial charge in [-0.3, -0.25) is 0 Å². The molecule has 2 aromatic rings. The fourth-order valence-electron chi connectivity index (χ4n) is 1.58. The Hall–Kier alpha value is -2.01. The highest BCUT2D eigenvalue weighted by atomic mass is 79.9. The predicted molar refractivity (Wildman–Crippen MR) is 80.3 cm³/mol. The first-order valence-electron chi connectivity index (χ1n) is 6.02. The van der Waals surface area contributed by atoms with Crippen LogP contribution in [0.15, 0.2) is 53.0 Å². The number of carbonyl (C=O) groups is 1. The van der Waals surface area contributed by atoms with E-state index in [2.05, 4.69) is 15.9 Å². The predicted octanol–water partition coefficient (Wildman–Crippen LogP) is 3.15. The van der Waals surface area contributed by atoms with E-state index in [4.69, 9.17) is 15.2 Å². The average Bonchev–Trinajstić information content (AvgIpc) is 2.43. The summed E-state index contributed by atoms with van der Waals surface area (Å²) in [6, 6.07) is 14.5. The van der Waals surface area contributed by atoms with Gasteiger partial charge in [0.2, 0.25) is 0 Å². The molecule has 0 unspecified atom stereocenters. The maximum absolute atomic E-state index is 11.6. The zero-order chi connectivity index (χ0) is 14.4. The smallest absolute Gasteiger partial charge is 0.344 e. The zero-order valence-corrected chi connectivity index (χ0v) is 12.3. The van der Waals surface area contributed by atoms with Gasteiger partial charge in [-0.1, -0.05) is 34.1 Å². The molecule has 0 fully saturated rings. The van der Waals surface area contributed by atoms with E-state index in [0.717, 1.165) is 10.0 Å². The minimum atomic E-state index is -0.424. The largest absolute Gasteiger partial charge is 0.482 e. The molecule has 2 N–H and O–H groups in total. The number of anilines is 1. The average molecular weight is 336 g/mol. The molecule has 0 bridgehead atoms. The Morgan fingerprint density at radius 2 is 1.95 bits per heavy atom. The molecule has 0 radical (unpaired) electrons. The van der Waals surface area contributed by atoms with E-state index in [1.54, 1.807) is 24.3 Å². The molecule has 2 rings (SSSR count). The van der Waals surface area contributed by atoms with Gasteiger partial charge in [0.15, 0.2) is 6.61 Å². The summed E-state index contributed by atoms with van der Waals surface area (Å²) < 4.78 is 11.4. The Balaban J connectivity index is 1.78. The molecular weight excluding hydrogens is 322 g/mol. The van der Waals surface area contributed by atoms with Gasteiger partial charge in [0, 0.05) is 16.2 Å². The van der Waals surface area contributed by atoms with E-state index in [9.17, 15) is 4.79 Å². The quantitative estimate of drug-likeness (QED) is 0.673. The van der Waals surface area contributed by atoms with Crippen LogP contribution < -0.4 is 10.5 Å². The molecule has 0 heterocycles. The third-order valence-electron chi connectivity index (χ3n) is 2.50. The molecule has 2 aromatic carbocycles. The van der Waals surface area contributed by atoms with Crippen LogP contribution in [0.5, 0.6) is 5.75 Å². The van der Waals surface area contributed by atoms with Gasteiger partial charge in [0.05, 0.1) is 0 Å². The van der Waals surface area contributed by atoms with Crippen LogP contribution in [0, 0.1) is 0 Å². The van der Waals surface area contributed by atoms with Gasteiger partial charge >= 0.3 is 5.97 Å². The summed E-state index contributed by atoms with van der Waals surface area (Å²) in [6.07, 6.45) is 0. The third kappa shape index (κ3) is 4.59. The minimum Gasteiger partial charge on any atom is -0.482 e. The number of hydrogen-bond acceptors (Lipinski definition) is 4. The van der Waals surface area contributed by atoms with Crippen LogP contribution in [0.25, 0.3) is 0 Å². The fourth-order valence-corrected chi connectivity index (χ4v) is 2.03. The Bertz CT molecular complexity index is 550. The van der Waals surface area contributed by atoms with Crippen molar-refractivity contribution in [3.05, 3.63) is 58.6 Å². The number of ether oxygens (including phenoxy) is 2. The molecule has 104 valence electrons. The van der Waals surface area contributed by atoms with Crippen molar-refractivity contribution in [3.8, 4) is 5.75 Å². The molecule has 4 nitrogen and oxygen atoms in total. The molecule has 20 heavy (non-hydrogen) atoms. The van der Waals surface area contributed by atoms with Crippen molar-refractivity contribution in [2.75, 3.05) is 12.3 Å². The summed E-state index contributed by atoms with van der Waals surface area (Å²) >= 11 is 3.36. The van der Waals surface area contributed by atoms with Crippen molar-refractivity contribution in [1.82, 2.24) is 0 Å². The van der Waals surface area contributed by atoms with E-state index in [-0.39, 0.29) is 13.2 Å². The summed E-state index contributed by atoms with van der Waals surface area (Å²) in [6.45, 7) is 0.0794. The molecule has 0 spiro atoms. The molecule has 5 heteroatoms. The van der Waals surface area contributed by atoms with Gasteiger partial charge in [-0.05, 0) is 29.8 Å². The highest BCUT2D eigenvalue weighted by Gasteiger charge is 2.05. The molecule has 0 aliphatic carbocycles. The second-order valence-corrected chi connectivity index (χ2v) is 5.07. The first-order chi connectivity index (χ1) is 9.63. The molecular formula is C15H14BrNO3. The first-order valence-corrected chi connectivity index (χ1v) is 6.81. The van der Waals surface area contributed by atoms with Crippen LogP contribution in [-0.4, -0.2) is 12.6 Å². The lowest BCUT2D eigenvalue weighted by Crippen LogP contribution is -2.14. The number of carbonyl (C=O) groups excluding carboxylic acids is 1. The van der Waals surface area contributed by atoms with Gasteiger partial charge in [-0.2, -0.15) is 0 Å². The number of esters is 1. The van der Waals surface area contributed by atoms with Crippen LogP contribution in [0.3, 0.4) is 0 Å². The maximum Gasteiger partial charge on any atom is 0.344 e. The first kappa shape index (κ1) is 14.4. The van der Waals surface area contributed by atoms with Crippen LogP contribution in [0.4, 0.5) is 5.69 Å². The number of hydrogen-bond donors (Lipinski definition) is 1. The van der Waals surface area contributed by atoms with E-state index in [1.807, 2.05) is 24.3 Å². The molecule has 0 saturated carbocycles. The lowest BCUT2D eigenvalue weighted by Gasteiger charge is -2.07. The summed E-state index contributed by atoms with van der Waals surface area (Å²) in [5.41, 5.74) is 7.11. The molecule has 0 aliphatic heterocycles. The van der Waals surface area contributed by atoms with Crippen molar-refractivity contribution >= 4 is 27.6 Å². The van der Waals surface area contributed by atoms with Crippen LogP contribution in [0.2, 0.25) is 0 Å². The van der Waals surface area contributed by atoms with Crippen molar-refractivity contribution < 1.29 is 14.3 Å². The molecule has 0 aliphatic rings. The van der Waals surface area contributed by atoms with Gasteiger partial charge < -0.3 is 15.2 Å². The SMILES string of the molecule is Nc1cccc(OCC(=O)OCc2cccc(Br)c2)c1. The van der Waals surface area contributed by atoms with Crippen LogP contribution in [-0.2, 0) is 16.1 Å². The van der Waals surface area contributed by atoms with Gasteiger partial charge in [0.25, 0.3) is 0 Å². The number of nitrogen functional groups attached to an aromatic ring is 1. The van der Waals surface area contributed by atoms with E-state index in [1.165, 1.54) is 0 Å². The van der Waals surface area contributed by atoms with Crippen LogP contribution >= 0.6 is 15.9 Å². The number of rotatable bonds is 5. The lowest BCUT2D eigenvalue weighted by atomic mass is 10.2. The number of benzene rings is 2.